The van der Waals surface area contributed by atoms with Crippen LogP contribution in [0.15, 0.2) is 23.6 Å². The lowest BCUT2D eigenvalue weighted by molar-refractivity contribution is -0.121. The van der Waals surface area contributed by atoms with Gasteiger partial charge in [0, 0.05) is 24.8 Å². The number of hydrogen-bond acceptors (Lipinski definition) is 4. The Morgan fingerprint density at radius 3 is 3.05 bits per heavy atom. The molecule has 116 valence electrons. The van der Waals surface area contributed by atoms with Crippen molar-refractivity contribution < 1.29 is 9.59 Å². The highest BCUT2D eigenvalue weighted by atomic mass is 32.1. The van der Waals surface area contributed by atoms with E-state index in [2.05, 4.69) is 15.5 Å². The summed E-state index contributed by atoms with van der Waals surface area (Å²) in [5.74, 6) is 0.289. The number of aromatic amines is 1. The number of thiophene rings is 1. The second-order valence-corrected chi connectivity index (χ2v) is 6.44. The minimum atomic E-state index is -0.185. The van der Waals surface area contributed by atoms with Crippen LogP contribution < -0.4 is 5.32 Å². The SMILES string of the molecule is Cc1cc(NC(=O)C2CCCN(C(=O)c3cccs3)C2)n[nH]1. The van der Waals surface area contributed by atoms with Gasteiger partial charge in [-0.15, -0.1) is 11.3 Å². The van der Waals surface area contributed by atoms with Crippen molar-refractivity contribution in [2.45, 2.75) is 19.8 Å². The first kappa shape index (κ1) is 14.8. The van der Waals surface area contributed by atoms with Gasteiger partial charge in [-0.25, -0.2) is 0 Å². The average molecular weight is 318 g/mol. The van der Waals surface area contributed by atoms with Crippen molar-refractivity contribution >= 4 is 29.0 Å². The number of carbonyl (C=O) groups excluding carboxylic acids is 2. The quantitative estimate of drug-likeness (QED) is 0.911. The number of amides is 2. The van der Waals surface area contributed by atoms with E-state index in [1.165, 1.54) is 11.3 Å². The molecular weight excluding hydrogens is 300 g/mol. The van der Waals surface area contributed by atoms with E-state index in [9.17, 15) is 9.59 Å². The van der Waals surface area contributed by atoms with Crippen LogP contribution in [0, 0.1) is 12.8 Å². The van der Waals surface area contributed by atoms with Crippen LogP contribution in [0.5, 0.6) is 0 Å². The Morgan fingerprint density at radius 2 is 2.36 bits per heavy atom. The van der Waals surface area contributed by atoms with Crippen LogP contribution in [0.1, 0.15) is 28.2 Å². The Hall–Kier alpha value is -2.15. The van der Waals surface area contributed by atoms with Crippen molar-refractivity contribution in [3.63, 3.8) is 0 Å². The first-order valence-corrected chi connectivity index (χ1v) is 8.17. The van der Waals surface area contributed by atoms with Crippen LogP contribution in [0.3, 0.4) is 0 Å². The van der Waals surface area contributed by atoms with Crippen LogP contribution in [-0.4, -0.2) is 40.0 Å². The fourth-order valence-electron chi connectivity index (χ4n) is 2.64. The van der Waals surface area contributed by atoms with E-state index in [1.807, 2.05) is 24.4 Å². The highest BCUT2D eigenvalue weighted by Gasteiger charge is 2.29. The van der Waals surface area contributed by atoms with Gasteiger partial charge >= 0.3 is 0 Å². The molecule has 1 fully saturated rings. The third kappa shape index (κ3) is 3.19. The molecule has 6 nitrogen and oxygen atoms in total. The number of aryl methyl sites for hydroxylation is 1. The Morgan fingerprint density at radius 1 is 1.50 bits per heavy atom. The summed E-state index contributed by atoms with van der Waals surface area (Å²) in [6.45, 7) is 3.05. The third-order valence-electron chi connectivity index (χ3n) is 3.77. The van der Waals surface area contributed by atoms with Gasteiger partial charge in [0.05, 0.1) is 10.8 Å². The number of rotatable bonds is 3. The minimum absolute atomic E-state index is 0.0168. The number of likely N-dealkylation sites (tertiary alicyclic amines) is 1. The van der Waals surface area contributed by atoms with Gasteiger partial charge in [0.2, 0.25) is 5.91 Å². The summed E-state index contributed by atoms with van der Waals surface area (Å²) in [6.07, 6.45) is 1.64. The molecule has 0 spiro atoms. The topological polar surface area (TPSA) is 78.1 Å². The standard InChI is InChI=1S/C15H18N4O2S/c1-10-8-13(18-17-10)16-14(20)11-4-2-6-19(9-11)15(21)12-5-3-7-22-12/h3,5,7-8,11H,2,4,6,9H2,1H3,(H2,16,17,18,20). The fourth-order valence-corrected chi connectivity index (χ4v) is 3.33. The van der Waals surface area contributed by atoms with Gasteiger partial charge in [0.15, 0.2) is 5.82 Å². The zero-order valence-electron chi connectivity index (χ0n) is 12.3. The summed E-state index contributed by atoms with van der Waals surface area (Å²) in [7, 11) is 0. The maximum Gasteiger partial charge on any atom is 0.263 e. The van der Waals surface area contributed by atoms with Gasteiger partial charge in [-0.3, -0.25) is 14.7 Å². The Kier molecular flexibility index (Phi) is 4.24. The number of nitrogens with one attached hydrogen (secondary N) is 2. The van der Waals surface area contributed by atoms with Gasteiger partial charge in [-0.2, -0.15) is 5.10 Å². The molecule has 1 aliphatic rings. The molecule has 0 aromatic carbocycles. The number of aromatic nitrogens is 2. The van der Waals surface area contributed by atoms with E-state index >= 15 is 0 Å². The zero-order chi connectivity index (χ0) is 15.5. The molecule has 2 amide bonds. The molecule has 3 heterocycles. The smallest absolute Gasteiger partial charge is 0.263 e. The first-order valence-electron chi connectivity index (χ1n) is 7.29. The zero-order valence-corrected chi connectivity index (χ0v) is 13.2. The van der Waals surface area contributed by atoms with E-state index in [0.717, 1.165) is 23.4 Å². The predicted octanol–water partition coefficient (Wildman–Crippen LogP) is 2.27. The molecule has 1 aliphatic heterocycles. The molecule has 1 atom stereocenters. The van der Waals surface area contributed by atoms with Crippen LogP contribution in [0.2, 0.25) is 0 Å². The molecule has 2 N–H and O–H groups in total. The number of piperidine rings is 1. The molecular formula is C15H18N4O2S. The second kappa shape index (κ2) is 6.31. The third-order valence-corrected chi connectivity index (χ3v) is 4.63. The lowest BCUT2D eigenvalue weighted by Crippen LogP contribution is -2.43. The summed E-state index contributed by atoms with van der Waals surface area (Å²) < 4.78 is 0. The summed E-state index contributed by atoms with van der Waals surface area (Å²) in [5.41, 5.74) is 0.897. The second-order valence-electron chi connectivity index (χ2n) is 5.49. The molecule has 1 unspecified atom stereocenters. The van der Waals surface area contributed by atoms with Gasteiger partial charge in [-0.1, -0.05) is 6.07 Å². The van der Waals surface area contributed by atoms with Crippen LogP contribution >= 0.6 is 11.3 Å². The van der Waals surface area contributed by atoms with Crippen molar-refractivity contribution in [2.75, 3.05) is 18.4 Å². The molecule has 3 rings (SSSR count). The number of hydrogen-bond donors (Lipinski definition) is 2. The molecule has 7 heteroatoms. The molecule has 22 heavy (non-hydrogen) atoms. The van der Waals surface area contributed by atoms with Crippen molar-refractivity contribution in [3.05, 3.63) is 34.2 Å². The number of nitrogens with zero attached hydrogens (tertiary/aromatic N) is 2. The summed E-state index contributed by atoms with van der Waals surface area (Å²) in [4.78, 5) is 27.2. The first-order chi connectivity index (χ1) is 10.6. The van der Waals surface area contributed by atoms with E-state index in [1.54, 1.807) is 11.0 Å². The Labute approximate surface area is 132 Å². The lowest BCUT2D eigenvalue weighted by Gasteiger charge is -2.31. The van der Waals surface area contributed by atoms with E-state index < -0.39 is 0 Å². The maximum absolute atomic E-state index is 12.4. The average Bonchev–Trinajstić information content (AvgIpc) is 3.18. The highest BCUT2D eigenvalue weighted by Crippen LogP contribution is 2.21. The minimum Gasteiger partial charge on any atom is -0.337 e. The van der Waals surface area contributed by atoms with Gasteiger partial charge < -0.3 is 10.2 Å². The number of carbonyl (C=O) groups is 2. The number of H-pyrrole nitrogens is 1. The van der Waals surface area contributed by atoms with Crippen molar-refractivity contribution in [3.8, 4) is 0 Å². The Balaban J connectivity index is 1.62. The largest absolute Gasteiger partial charge is 0.337 e. The van der Waals surface area contributed by atoms with Gasteiger partial charge in [0.1, 0.15) is 0 Å². The maximum atomic E-state index is 12.4. The Bertz CT molecular complexity index is 665. The highest BCUT2D eigenvalue weighted by molar-refractivity contribution is 7.12. The molecule has 0 aliphatic carbocycles. The molecule has 1 saturated heterocycles. The molecule has 2 aromatic heterocycles. The van der Waals surface area contributed by atoms with Crippen LogP contribution in [0.4, 0.5) is 5.82 Å². The molecule has 0 radical (unpaired) electrons. The lowest BCUT2D eigenvalue weighted by atomic mass is 9.97. The predicted molar refractivity (Wildman–Crippen MR) is 84.9 cm³/mol. The molecule has 0 saturated carbocycles. The molecule has 2 aromatic rings. The van der Waals surface area contributed by atoms with E-state index in [4.69, 9.17) is 0 Å². The fraction of sp³-hybridized carbons (Fsp3) is 0.400. The van der Waals surface area contributed by atoms with Crippen LogP contribution in [-0.2, 0) is 4.79 Å². The summed E-state index contributed by atoms with van der Waals surface area (Å²) in [5, 5.41) is 11.5. The van der Waals surface area contributed by atoms with E-state index in [0.29, 0.717) is 18.9 Å². The van der Waals surface area contributed by atoms with Crippen molar-refractivity contribution in [2.24, 2.45) is 5.92 Å². The van der Waals surface area contributed by atoms with E-state index in [-0.39, 0.29) is 17.7 Å². The summed E-state index contributed by atoms with van der Waals surface area (Å²) in [6, 6.07) is 5.48. The normalized spacial score (nSPS) is 18.2. The number of anilines is 1. The van der Waals surface area contributed by atoms with Gasteiger partial charge in [0.25, 0.3) is 5.91 Å². The monoisotopic (exact) mass is 318 g/mol. The molecule has 0 bridgehead atoms. The van der Waals surface area contributed by atoms with Crippen molar-refractivity contribution in [1.82, 2.24) is 15.1 Å². The van der Waals surface area contributed by atoms with Crippen molar-refractivity contribution in [1.29, 1.82) is 0 Å². The van der Waals surface area contributed by atoms with Gasteiger partial charge in [-0.05, 0) is 31.2 Å². The summed E-state index contributed by atoms with van der Waals surface area (Å²) >= 11 is 1.43. The van der Waals surface area contributed by atoms with Crippen LogP contribution in [0.25, 0.3) is 0 Å².